The van der Waals surface area contributed by atoms with Crippen LogP contribution >= 0.6 is 15.9 Å². The zero-order valence-corrected chi connectivity index (χ0v) is 9.29. The Balaban J connectivity index is 2.18. The molecule has 0 aliphatic heterocycles. The summed E-state index contributed by atoms with van der Waals surface area (Å²) in [6.07, 6.45) is 10.1. The molecule has 1 unspecified atom stereocenters. The van der Waals surface area contributed by atoms with Crippen LogP contribution in [0.3, 0.4) is 0 Å². The predicted octanol–water partition coefficient (Wildman–Crippen LogP) is 3.09. The SMILES string of the molecule is O=C1C(Br)CCC[C@@H]2C=CCC[C@H]12. The lowest BCUT2D eigenvalue weighted by atomic mass is 9.80. The summed E-state index contributed by atoms with van der Waals surface area (Å²) in [4.78, 5) is 12.0. The highest BCUT2D eigenvalue weighted by molar-refractivity contribution is 9.10. The fourth-order valence-corrected chi connectivity index (χ4v) is 3.12. The van der Waals surface area contributed by atoms with Crippen molar-refractivity contribution in [1.29, 1.82) is 0 Å². The number of alkyl halides is 1. The molecule has 0 N–H and O–H groups in total. The third-order valence-electron chi connectivity index (χ3n) is 3.21. The molecule has 0 spiro atoms. The Morgan fingerprint density at radius 2 is 2.15 bits per heavy atom. The van der Waals surface area contributed by atoms with Crippen molar-refractivity contribution < 1.29 is 4.79 Å². The topological polar surface area (TPSA) is 17.1 Å². The van der Waals surface area contributed by atoms with Crippen molar-refractivity contribution in [3.05, 3.63) is 12.2 Å². The van der Waals surface area contributed by atoms with E-state index in [1.807, 2.05) is 0 Å². The predicted molar refractivity (Wildman–Crippen MR) is 56.9 cm³/mol. The van der Waals surface area contributed by atoms with Crippen LogP contribution in [0.1, 0.15) is 32.1 Å². The van der Waals surface area contributed by atoms with Gasteiger partial charge in [-0.25, -0.2) is 0 Å². The van der Waals surface area contributed by atoms with Gasteiger partial charge in [0, 0.05) is 5.92 Å². The summed E-state index contributed by atoms with van der Waals surface area (Å²) in [5, 5.41) is 0. The molecule has 0 aromatic heterocycles. The van der Waals surface area contributed by atoms with Crippen molar-refractivity contribution >= 4 is 21.7 Å². The van der Waals surface area contributed by atoms with Gasteiger partial charge in [-0.1, -0.05) is 34.5 Å². The second-order valence-electron chi connectivity index (χ2n) is 4.08. The van der Waals surface area contributed by atoms with E-state index in [-0.39, 0.29) is 4.83 Å². The van der Waals surface area contributed by atoms with E-state index >= 15 is 0 Å². The first-order chi connectivity index (χ1) is 6.29. The van der Waals surface area contributed by atoms with E-state index in [2.05, 4.69) is 28.1 Å². The Hall–Kier alpha value is -0.110. The van der Waals surface area contributed by atoms with Crippen LogP contribution in [0, 0.1) is 11.8 Å². The maximum atomic E-state index is 11.9. The average molecular weight is 243 g/mol. The maximum absolute atomic E-state index is 11.9. The summed E-state index contributed by atoms with van der Waals surface area (Å²) in [6.45, 7) is 0. The Kier molecular flexibility index (Phi) is 2.87. The molecule has 3 atom stereocenters. The first-order valence-electron chi connectivity index (χ1n) is 5.13. The summed E-state index contributed by atoms with van der Waals surface area (Å²) in [5.74, 6) is 1.31. The number of rotatable bonds is 0. The standard InChI is InChI=1S/C11H15BrO/c12-10-7-3-5-8-4-1-2-6-9(8)11(10)13/h1,4,8-10H,2-3,5-7H2/t8-,9-,10?/m0/s1. The summed E-state index contributed by atoms with van der Waals surface area (Å²) in [7, 11) is 0. The van der Waals surface area contributed by atoms with Crippen LogP contribution in [-0.2, 0) is 4.79 Å². The van der Waals surface area contributed by atoms with E-state index in [9.17, 15) is 4.79 Å². The lowest BCUT2D eigenvalue weighted by Gasteiger charge is -2.24. The largest absolute Gasteiger partial charge is 0.298 e. The molecule has 13 heavy (non-hydrogen) atoms. The molecule has 2 aliphatic carbocycles. The van der Waals surface area contributed by atoms with Crippen LogP contribution in [0.4, 0.5) is 0 Å². The second kappa shape index (κ2) is 3.95. The molecular formula is C11H15BrO. The highest BCUT2D eigenvalue weighted by Crippen LogP contribution is 2.35. The number of Topliss-reactive ketones (excluding diaryl/α,β-unsaturated/α-hetero) is 1. The van der Waals surface area contributed by atoms with Gasteiger partial charge in [0.05, 0.1) is 4.83 Å². The molecule has 0 radical (unpaired) electrons. The molecule has 0 saturated heterocycles. The minimum Gasteiger partial charge on any atom is -0.298 e. The Bertz CT molecular complexity index is 234. The van der Waals surface area contributed by atoms with Crippen molar-refractivity contribution in [1.82, 2.24) is 0 Å². The van der Waals surface area contributed by atoms with Gasteiger partial charge in [-0.15, -0.1) is 0 Å². The number of hydrogen-bond donors (Lipinski definition) is 0. The fraction of sp³-hybridized carbons (Fsp3) is 0.727. The van der Waals surface area contributed by atoms with Gasteiger partial charge in [0.25, 0.3) is 0 Å². The third kappa shape index (κ3) is 1.88. The van der Waals surface area contributed by atoms with Crippen molar-refractivity contribution in [2.75, 3.05) is 0 Å². The quantitative estimate of drug-likeness (QED) is 0.472. The van der Waals surface area contributed by atoms with E-state index in [0.29, 0.717) is 17.6 Å². The summed E-state index contributed by atoms with van der Waals surface area (Å²) >= 11 is 3.49. The van der Waals surface area contributed by atoms with Gasteiger partial charge in [-0.3, -0.25) is 4.79 Å². The molecule has 0 aromatic carbocycles. The van der Waals surface area contributed by atoms with Crippen LogP contribution in [0.25, 0.3) is 0 Å². The highest BCUT2D eigenvalue weighted by Gasteiger charge is 2.33. The number of carbonyl (C=O) groups is 1. The molecule has 1 fully saturated rings. The third-order valence-corrected chi connectivity index (χ3v) is 4.12. The van der Waals surface area contributed by atoms with E-state index in [1.54, 1.807) is 0 Å². The van der Waals surface area contributed by atoms with Crippen molar-refractivity contribution in [3.63, 3.8) is 0 Å². The van der Waals surface area contributed by atoms with E-state index in [1.165, 1.54) is 12.8 Å². The molecule has 0 bridgehead atoms. The van der Waals surface area contributed by atoms with Gasteiger partial charge < -0.3 is 0 Å². The van der Waals surface area contributed by atoms with Crippen LogP contribution in [-0.4, -0.2) is 10.6 Å². The van der Waals surface area contributed by atoms with Gasteiger partial charge in [0.1, 0.15) is 5.78 Å². The normalized spacial score (nSPS) is 39.8. The highest BCUT2D eigenvalue weighted by atomic mass is 79.9. The minimum atomic E-state index is 0.133. The lowest BCUT2D eigenvalue weighted by Crippen LogP contribution is -2.27. The first-order valence-corrected chi connectivity index (χ1v) is 6.05. The molecule has 72 valence electrons. The second-order valence-corrected chi connectivity index (χ2v) is 5.18. The molecular weight excluding hydrogens is 228 g/mol. The molecule has 2 aliphatic rings. The van der Waals surface area contributed by atoms with Crippen LogP contribution in [0.15, 0.2) is 12.2 Å². The monoisotopic (exact) mass is 242 g/mol. The van der Waals surface area contributed by atoms with Crippen LogP contribution < -0.4 is 0 Å². The number of allylic oxidation sites excluding steroid dienone is 2. The number of ketones is 1. The molecule has 0 heterocycles. The summed E-state index contributed by atoms with van der Waals surface area (Å²) < 4.78 is 0. The Morgan fingerprint density at radius 1 is 1.31 bits per heavy atom. The smallest absolute Gasteiger partial charge is 0.150 e. The van der Waals surface area contributed by atoms with Crippen LogP contribution in [0.5, 0.6) is 0 Å². The van der Waals surface area contributed by atoms with Crippen molar-refractivity contribution in [2.45, 2.75) is 36.9 Å². The maximum Gasteiger partial charge on any atom is 0.150 e. The molecule has 2 rings (SSSR count). The van der Waals surface area contributed by atoms with Crippen molar-refractivity contribution in [3.8, 4) is 0 Å². The first kappa shape index (κ1) is 9.45. The van der Waals surface area contributed by atoms with Gasteiger partial charge in [-0.05, 0) is 31.6 Å². The number of carbonyl (C=O) groups excluding carboxylic acids is 1. The average Bonchev–Trinajstić information content (AvgIpc) is 2.29. The van der Waals surface area contributed by atoms with Crippen molar-refractivity contribution in [2.24, 2.45) is 11.8 Å². The van der Waals surface area contributed by atoms with Crippen LogP contribution in [0.2, 0.25) is 0 Å². The molecule has 0 aromatic rings. The number of fused-ring (bicyclic) bond motifs is 1. The molecule has 1 nitrogen and oxygen atoms in total. The minimum absolute atomic E-state index is 0.133. The van der Waals surface area contributed by atoms with Gasteiger partial charge >= 0.3 is 0 Å². The molecule has 2 heteroatoms. The Labute approximate surface area is 87.7 Å². The van der Waals surface area contributed by atoms with E-state index in [0.717, 1.165) is 19.3 Å². The lowest BCUT2D eigenvalue weighted by molar-refractivity contribution is -0.123. The number of halogens is 1. The Morgan fingerprint density at radius 3 is 3.00 bits per heavy atom. The van der Waals surface area contributed by atoms with E-state index in [4.69, 9.17) is 0 Å². The fourth-order valence-electron chi connectivity index (χ4n) is 2.45. The van der Waals surface area contributed by atoms with E-state index < -0.39 is 0 Å². The summed E-state index contributed by atoms with van der Waals surface area (Å²) in [6, 6.07) is 0. The van der Waals surface area contributed by atoms with Gasteiger partial charge in [0.2, 0.25) is 0 Å². The van der Waals surface area contributed by atoms with Gasteiger partial charge in [0.15, 0.2) is 0 Å². The number of hydrogen-bond acceptors (Lipinski definition) is 1. The zero-order valence-electron chi connectivity index (χ0n) is 7.71. The van der Waals surface area contributed by atoms with Gasteiger partial charge in [-0.2, -0.15) is 0 Å². The zero-order chi connectivity index (χ0) is 9.26. The molecule has 0 amide bonds. The molecule has 1 saturated carbocycles. The summed E-state index contributed by atoms with van der Waals surface area (Å²) in [5.41, 5.74) is 0.